The number of carbonyl (C=O) groups excluding carboxylic acids is 2. The zero-order chi connectivity index (χ0) is 18.9. The van der Waals surface area contributed by atoms with Crippen molar-refractivity contribution in [2.45, 2.75) is 44.6 Å². The maximum atomic E-state index is 13.5. The highest BCUT2D eigenvalue weighted by Gasteiger charge is 2.52. The van der Waals surface area contributed by atoms with E-state index in [0.29, 0.717) is 31.9 Å². The molecular formula is C21H27FN2O3. The summed E-state index contributed by atoms with van der Waals surface area (Å²) in [6.07, 6.45) is 5.98. The minimum Gasteiger partial charge on any atom is -0.381 e. The maximum absolute atomic E-state index is 13.5. The Balaban J connectivity index is 1.53. The lowest BCUT2D eigenvalue weighted by Crippen LogP contribution is -2.46. The summed E-state index contributed by atoms with van der Waals surface area (Å²) in [5.41, 5.74) is 0.110. The van der Waals surface area contributed by atoms with Gasteiger partial charge in [-0.15, -0.1) is 0 Å². The average Bonchev–Trinajstić information content (AvgIpc) is 3.30. The van der Waals surface area contributed by atoms with Crippen LogP contribution < -0.4 is 5.32 Å². The molecule has 4 rings (SSSR count). The smallest absolute Gasteiger partial charge is 0.253 e. The van der Waals surface area contributed by atoms with Crippen LogP contribution in [0.2, 0.25) is 0 Å². The average molecular weight is 374 g/mol. The molecule has 1 N–H and O–H groups in total. The van der Waals surface area contributed by atoms with E-state index in [0.717, 1.165) is 25.7 Å². The van der Waals surface area contributed by atoms with Crippen molar-refractivity contribution in [2.24, 2.45) is 11.3 Å². The SMILES string of the molecule is O=C(NC1CCCC1)C1CN(C(=O)c2cccc(F)c2)CC12CCOCC2. The lowest BCUT2D eigenvalue weighted by molar-refractivity contribution is -0.130. The Hall–Kier alpha value is -1.95. The molecule has 0 aromatic heterocycles. The maximum Gasteiger partial charge on any atom is 0.253 e. The molecule has 0 bridgehead atoms. The molecule has 1 unspecified atom stereocenters. The lowest BCUT2D eigenvalue weighted by Gasteiger charge is -2.37. The molecule has 6 heteroatoms. The number of likely N-dealkylation sites (tertiary alicyclic amines) is 1. The van der Waals surface area contributed by atoms with E-state index >= 15 is 0 Å². The number of carbonyl (C=O) groups is 2. The first-order chi connectivity index (χ1) is 13.1. The van der Waals surface area contributed by atoms with Gasteiger partial charge in [0.2, 0.25) is 5.91 Å². The van der Waals surface area contributed by atoms with Crippen molar-refractivity contribution in [3.05, 3.63) is 35.6 Å². The molecule has 1 saturated carbocycles. The Labute approximate surface area is 159 Å². The third-order valence-corrected chi connectivity index (χ3v) is 6.51. The van der Waals surface area contributed by atoms with Crippen LogP contribution in [0.3, 0.4) is 0 Å². The van der Waals surface area contributed by atoms with E-state index in [1.165, 1.54) is 25.0 Å². The third-order valence-electron chi connectivity index (χ3n) is 6.51. The van der Waals surface area contributed by atoms with Crippen molar-refractivity contribution in [3.8, 4) is 0 Å². The first-order valence-electron chi connectivity index (χ1n) is 10.0. The number of halogens is 1. The van der Waals surface area contributed by atoms with E-state index < -0.39 is 5.82 Å². The summed E-state index contributed by atoms with van der Waals surface area (Å²) in [5, 5.41) is 3.22. The van der Waals surface area contributed by atoms with Gasteiger partial charge in [-0.1, -0.05) is 18.9 Å². The van der Waals surface area contributed by atoms with Gasteiger partial charge in [-0.25, -0.2) is 4.39 Å². The molecule has 2 heterocycles. The molecule has 0 radical (unpaired) electrons. The molecule has 2 saturated heterocycles. The number of nitrogens with zero attached hydrogens (tertiary/aromatic N) is 1. The monoisotopic (exact) mass is 374 g/mol. The molecule has 1 aliphatic carbocycles. The molecule has 1 atom stereocenters. The highest BCUT2D eigenvalue weighted by atomic mass is 19.1. The first-order valence-corrected chi connectivity index (χ1v) is 10.0. The topological polar surface area (TPSA) is 58.6 Å². The molecule has 1 aromatic rings. The van der Waals surface area contributed by atoms with Gasteiger partial charge < -0.3 is 15.0 Å². The van der Waals surface area contributed by atoms with Gasteiger partial charge in [0.05, 0.1) is 5.92 Å². The predicted molar refractivity (Wildman–Crippen MR) is 98.7 cm³/mol. The fourth-order valence-corrected chi connectivity index (χ4v) is 4.95. The number of amides is 2. The second kappa shape index (κ2) is 7.58. The minimum absolute atomic E-state index is 0.0679. The van der Waals surface area contributed by atoms with Crippen molar-refractivity contribution in [3.63, 3.8) is 0 Å². The second-order valence-corrected chi connectivity index (χ2v) is 8.21. The number of ether oxygens (including phenoxy) is 1. The van der Waals surface area contributed by atoms with Crippen LogP contribution in [0, 0.1) is 17.2 Å². The van der Waals surface area contributed by atoms with Gasteiger partial charge in [0, 0.05) is 43.3 Å². The van der Waals surface area contributed by atoms with E-state index in [1.54, 1.807) is 17.0 Å². The molecule has 27 heavy (non-hydrogen) atoms. The van der Waals surface area contributed by atoms with Crippen LogP contribution in [0.25, 0.3) is 0 Å². The Morgan fingerprint density at radius 1 is 1.19 bits per heavy atom. The van der Waals surface area contributed by atoms with Crippen molar-refractivity contribution in [1.82, 2.24) is 10.2 Å². The zero-order valence-corrected chi connectivity index (χ0v) is 15.6. The van der Waals surface area contributed by atoms with Gasteiger partial charge in [0.25, 0.3) is 5.91 Å². The van der Waals surface area contributed by atoms with Gasteiger partial charge in [0.1, 0.15) is 5.82 Å². The largest absolute Gasteiger partial charge is 0.381 e. The molecule has 1 aromatic carbocycles. The van der Waals surface area contributed by atoms with Crippen LogP contribution in [-0.4, -0.2) is 49.1 Å². The Morgan fingerprint density at radius 3 is 2.63 bits per heavy atom. The molecule has 3 fully saturated rings. The Bertz CT molecular complexity index is 711. The minimum atomic E-state index is -0.420. The van der Waals surface area contributed by atoms with Crippen LogP contribution in [0.4, 0.5) is 4.39 Å². The van der Waals surface area contributed by atoms with Crippen molar-refractivity contribution in [2.75, 3.05) is 26.3 Å². The van der Waals surface area contributed by atoms with Gasteiger partial charge in [-0.05, 0) is 43.9 Å². The second-order valence-electron chi connectivity index (χ2n) is 8.21. The number of benzene rings is 1. The zero-order valence-electron chi connectivity index (χ0n) is 15.6. The van der Waals surface area contributed by atoms with Crippen molar-refractivity contribution >= 4 is 11.8 Å². The van der Waals surface area contributed by atoms with Gasteiger partial charge in [-0.2, -0.15) is 0 Å². The summed E-state index contributed by atoms with van der Waals surface area (Å²) in [5.74, 6) is -0.772. The highest BCUT2D eigenvalue weighted by Crippen LogP contribution is 2.45. The summed E-state index contributed by atoms with van der Waals surface area (Å²) in [6, 6.07) is 6.05. The summed E-state index contributed by atoms with van der Waals surface area (Å²) in [7, 11) is 0. The van der Waals surface area contributed by atoms with Crippen LogP contribution in [0.5, 0.6) is 0 Å². The number of nitrogens with one attached hydrogen (secondary N) is 1. The summed E-state index contributed by atoms with van der Waals surface area (Å²) in [4.78, 5) is 27.8. The van der Waals surface area contributed by atoms with Crippen LogP contribution in [0.1, 0.15) is 48.9 Å². The Kier molecular flexibility index (Phi) is 5.17. The highest BCUT2D eigenvalue weighted by molar-refractivity contribution is 5.95. The molecule has 146 valence electrons. The van der Waals surface area contributed by atoms with Crippen molar-refractivity contribution in [1.29, 1.82) is 0 Å². The standard InChI is InChI=1S/C21H27FN2O3/c22-16-5-3-4-15(12-16)20(26)24-13-18(19(25)23-17-6-1-2-7-17)21(14-24)8-10-27-11-9-21/h3-5,12,17-18H,1-2,6-11,13-14H2,(H,23,25). The third kappa shape index (κ3) is 3.72. The quantitative estimate of drug-likeness (QED) is 0.885. The molecule has 2 amide bonds. The molecular weight excluding hydrogens is 347 g/mol. The van der Waals surface area contributed by atoms with Gasteiger partial charge in [0.15, 0.2) is 0 Å². The van der Waals surface area contributed by atoms with Crippen molar-refractivity contribution < 1.29 is 18.7 Å². The lowest BCUT2D eigenvalue weighted by atomic mass is 9.71. The van der Waals surface area contributed by atoms with E-state index in [4.69, 9.17) is 4.74 Å². The fraction of sp³-hybridized carbons (Fsp3) is 0.619. The predicted octanol–water partition coefficient (Wildman–Crippen LogP) is 2.75. The number of hydrogen-bond acceptors (Lipinski definition) is 3. The van der Waals surface area contributed by atoms with E-state index in [-0.39, 0.29) is 29.2 Å². The molecule has 1 spiro atoms. The van der Waals surface area contributed by atoms with Gasteiger partial charge >= 0.3 is 0 Å². The summed E-state index contributed by atoms with van der Waals surface area (Å²) in [6.45, 7) is 2.17. The van der Waals surface area contributed by atoms with Gasteiger partial charge in [-0.3, -0.25) is 9.59 Å². The molecule has 2 aliphatic heterocycles. The van der Waals surface area contributed by atoms with Crippen LogP contribution in [-0.2, 0) is 9.53 Å². The summed E-state index contributed by atoms with van der Waals surface area (Å²) >= 11 is 0. The van der Waals surface area contributed by atoms with E-state index in [1.807, 2.05) is 0 Å². The first kappa shape index (κ1) is 18.4. The Morgan fingerprint density at radius 2 is 1.93 bits per heavy atom. The molecule has 5 nitrogen and oxygen atoms in total. The molecule has 3 aliphatic rings. The van der Waals surface area contributed by atoms with Crippen LogP contribution >= 0.6 is 0 Å². The normalized spacial score (nSPS) is 25.1. The number of hydrogen-bond donors (Lipinski definition) is 1. The summed E-state index contributed by atoms with van der Waals surface area (Å²) < 4.78 is 19.1. The van der Waals surface area contributed by atoms with Crippen LogP contribution in [0.15, 0.2) is 24.3 Å². The fourth-order valence-electron chi connectivity index (χ4n) is 4.95. The number of rotatable bonds is 3. The van der Waals surface area contributed by atoms with E-state index in [2.05, 4.69) is 5.32 Å². The van der Waals surface area contributed by atoms with E-state index in [9.17, 15) is 14.0 Å².